The first-order chi connectivity index (χ1) is 9.69. The molecule has 0 aliphatic rings. The van der Waals surface area contributed by atoms with Gasteiger partial charge in [-0.15, -0.1) is 0 Å². The lowest BCUT2D eigenvalue weighted by Gasteiger charge is -2.13. The van der Waals surface area contributed by atoms with Crippen molar-refractivity contribution >= 4 is 0 Å². The molecule has 0 radical (unpaired) electrons. The van der Waals surface area contributed by atoms with Gasteiger partial charge in [-0.05, 0) is 31.0 Å². The fraction of sp³-hybridized carbons (Fsp3) is 0.600. The van der Waals surface area contributed by atoms with Crippen LogP contribution in [0.1, 0.15) is 25.0 Å². The number of methoxy groups -OCH3 is 2. The molecule has 1 aromatic carbocycles. The summed E-state index contributed by atoms with van der Waals surface area (Å²) in [6.45, 7) is 4.05. The molecule has 1 N–H and O–H groups in total. The lowest BCUT2D eigenvalue weighted by molar-refractivity contribution is 0.0799. The molecule has 1 unspecified atom stereocenters. The zero-order chi connectivity index (χ0) is 14.8. The third kappa shape index (κ3) is 5.77. The Morgan fingerprint density at radius 1 is 1.05 bits per heavy atom. The number of benzene rings is 1. The summed E-state index contributed by atoms with van der Waals surface area (Å²) in [5.41, 5.74) is 0.796. The van der Waals surface area contributed by atoms with E-state index in [1.54, 1.807) is 33.3 Å². The van der Waals surface area contributed by atoms with Gasteiger partial charge < -0.3 is 24.1 Å². The highest BCUT2D eigenvalue weighted by Crippen LogP contribution is 2.30. The summed E-state index contributed by atoms with van der Waals surface area (Å²) in [4.78, 5) is 0. The van der Waals surface area contributed by atoms with E-state index in [0.717, 1.165) is 12.0 Å². The van der Waals surface area contributed by atoms with Gasteiger partial charge in [0.05, 0.1) is 19.8 Å². The quantitative estimate of drug-likeness (QED) is 0.667. The Hall–Kier alpha value is -1.30. The molecule has 5 nitrogen and oxygen atoms in total. The molecule has 0 spiro atoms. The highest BCUT2D eigenvalue weighted by atomic mass is 16.5. The van der Waals surface area contributed by atoms with Gasteiger partial charge in [0, 0.05) is 20.3 Å². The second kappa shape index (κ2) is 9.58. The molecule has 1 rings (SSSR count). The van der Waals surface area contributed by atoms with Crippen LogP contribution >= 0.6 is 0 Å². The maximum absolute atomic E-state index is 9.52. The average molecular weight is 284 g/mol. The predicted octanol–water partition coefficient (Wildman–Crippen LogP) is 2.18. The Kier molecular flexibility index (Phi) is 8.02. The standard InChI is InChI=1S/C15H24O5/c1-12(16)13-5-6-14(15(11-13)18-3)20-10-9-19-8-4-7-17-2/h5-6,11-12,16H,4,7-10H2,1-3H3. The first-order valence-electron chi connectivity index (χ1n) is 6.74. The highest BCUT2D eigenvalue weighted by molar-refractivity contribution is 5.43. The molecule has 0 bridgehead atoms. The molecule has 0 saturated heterocycles. The van der Waals surface area contributed by atoms with Crippen LogP contribution in [0.4, 0.5) is 0 Å². The number of hydrogen-bond acceptors (Lipinski definition) is 5. The van der Waals surface area contributed by atoms with E-state index < -0.39 is 6.10 Å². The predicted molar refractivity (Wildman–Crippen MR) is 76.4 cm³/mol. The van der Waals surface area contributed by atoms with Crippen LogP contribution < -0.4 is 9.47 Å². The van der Waals surface area contributed by atoms with E-state index in [1.807, 2.05) is 6.07 Å². The number of aliphatic hydroxyl groups is 1. The van der Waals surface area contributed by atoms with E-state index in [9.17, 15) is 5.11 Å². The van der Waals surface area contributed by atoms with Crippen molar-refractivity contribution < 1.29 is 24.1 Å². The molecule has 114 valence electrons. The Labute approximate surface area is 120 Å². The van der Waals surface area contributed by atoms with E-state index in [-0.39, 0.29) is 0 Å². The van der Waals surface area contributed by atoms with Crippen molar-refractivity contribution in [1.29, 1.82) is 0 Å². The largest absolute Gasteiger partial charge is 0.493 e. The van der Waals surface area contributed by atoms with Gasteiger partial charge in [-0.25, -0.2) is 0 Å². The molecule has 5 heteroatoms. The summed E-state index contributed by atoms with van der Waals surface area (Å²) < 4.78 is 21.2. The van der Waals surface area contributed by atoms with Crippen LogP contribution in [-0.4, -0.2) is 45.8 Å². The molecule has 0 fully saturated rings. The van der Waals surface area contributed by atoms with Gasteiger partial charge in [0.15, 0.2) is 11.5 Å². The van der Waals surface area contributed by atoms with Crippen LogP contribution in [0, 0.1) is 0 Å². The monoisotopic (exact) mass is 284 g/mol. The third-order valence-corrected chi connectivity index (χ3v) is 2.79. The van der Waals surface area contributed by atoms with Crippen LogP contribution in [0.15, 0.2) is 18.2 Å². The molecule has 1 atom stereocenters. The lowest BCUT2D eigenvalue weighted by atomic mass is 10.1. The van der Waals surface area contributed by atoms with Gasteiger partial charge in [0.2, 0.25) is 0 Å². The van der Waals surface area contributed by atoms with Gasteiger partial charge in [-0.3, -0.25) is 0 Å². The Balaban J connectivity index is 2.36. The van der Waals surface area contributed by atoms with Crippen molar-refractivity contribution in [2.24, 2.45) is 0 Å². The molecule has 0 aliphatic carbocycles. The van der Waals surface area contributed by atoms with Gasteiger partial charge in [0.1, 0.15) is 6.61 Å². The van der Waals surface area contributed by atoms with Crippen molar-refractivity contribution in [2.75, 3.05) is 40.6 Å². The smallest absolute Gasteiger partial charge is 0.161 e. The van der Waals surface area contributed by atoms with Crippen molar-refractivity contribution in [1.82, 2.24) is 0 Å². The first-order valence-corrected chi connectivity index (χ1v) is 6.74. The van der Waals surface area contributed by atoms with Gasteiger partial charge >= 0.3 is 0 Å². The minimum absolute atomic E-state index is 0.456. The second-order valence-corrected chi connectivity index (χ2v) is 4.39. The Bertz CT molecular complexity index is 379. The molecule has 0 heterocycles. The number of ether oxygens (including phenoxy) is 4. The van der Waals surface area contributed by atoms with Crippen molar-refractivity contribution in [3.8, 4) is 11.5 Å². The van der Waals surface area contributed by atoms with Gasteiger partial charge in [-0.1, -0.05) is 6.07 Å². The van der Waals surface area contributed by atoms with Crippen molar-refractivity contribution in [3.05, 3.63) is 23.8 Å². The third-order valence-electron chi connectivity index (χ3n) is 2.79. The van der Waals surface area contributed by atoms with Gasteiger partial charge in [0.25, 0.3) is 0 Å². The molecule has 0 aliphatic heterocycles. The molecule has 1 aromatic rings. The topological polar surface area (TPSA) is 57.2 Å². The molecule has 20 heavy (non-hydrogen) atoms. The van der Waals surface area contributed by atoms with Crippen LogP contribution in [0.25, 0.3) is 0 Å². The van der Waals surface area contributed by atoms with Crippen LogP contribution in [-0.2, 0) is 9.47 Å². The van der Waals surface area contributed by atoms with Crippen LogP contribution in [0.3, 0.4) is 0 Å². The van der Waals surface area contributed by atoms with E-state index in [4.69, 9.17) is 18.9 Å². The van der Waals surface area contributed by atoms with Crippen molar-refractivity contribution in [3.63, 3.8) is 0 Å². The number of aliphatic hydroxyl groups excluding tert-OH is 1. The molecular formula is C15H24O5. The summed E-state index contributed by atoms with van der Waals surface area (Å²) in [6.07, 6.45) is 0.352. The molecule has 0 amide bonds. The Morgan fingerprint density at radius 3 is 2.50 bits per heavy atom. The molecular weight excluding hydrogens is 260 g/mol. The SMILES string of the molecule is COCCCOCCOc1ccc(C(C)O)cc1OC. The maximum Gasteiger partial charge on any atom is 0.161 e. The van der Waals surface area contributed by atoms with E-state index in [0.29, 0.717) is 37.9 Å². The molecule has 0 saturated carbocycles. The zero-order valence-corrected chi connectivity index (χ0v) is 12.4. The van der Waals surface area contributed by atoms with E-state index >= 15 is 0 Å². The average Bonchev–Trinajstić information content (AvgIpc) is 2.46. The minimum atomic E-state index is -0.526. The fourth-order valence-electron chi connectivity index (χ4n) is 1.68. The van der Waals surface area contributed by atoms with E-state index in [2.05, 4.69) is 0 Å². The number of hydrogen-bond donors (Lipinski definition) is 1. The lowest BCUT2D eigenvalue weighted by Crippen LogP contribution is -2.09. The molecule has 0 aromatic heterocycles. The highest BCUT2D eigenvalue weighted by Gasteiger charge is 2.08. The number of rotatable bonds is 10. The zero-order valence-electron chi connectivity index (χ0n) is 12.4. The van der Waals surface area contributed by atoms with E-state index in [1.165, 1.54) is 0 Å². The fourth-order valence-corrected chi connectivity index (χ4v) is 1.68. The van der Waals surface area contributed by atoms with Crippen LogP contribution in [0.5, 0.6) is 11.5 Å². The van der Waals surface area contributed by atoms with Crippen LogP contribution in [0.2, 0.25) is 0 Å². The maximum atomic E-state index is 9.52. The summed E-state index contributed by atoms with van der Waals surface area (Å²) in [6, 6.07) is 5.40. The first kappa shape index (κ1) is 16.8. The Morgan fingerprint density at radius 2 is 1.85 bits per heavy atom. The summed E-state index contributed by atoms with van der Waals surface area (Å²) >= 11 is 0. The van der Waals surface area contributed by atoms with Gasteiger partial charge in [-0.2, -0.15) is 0 Å². The summed E-state index contributed by atoms with van der Waals surface area (Å²) in [7, 11) is 3.25. The minimum Gasteiger partial charge on any atom is -0.493 e. The normalized spacial score (nSPS) is 12.2. The second-order valence-electron chi connectivity index (χ2n) is 4.39. The van der Waals surface area contributed by atoms with Crippen molar-refractivity contribution in [2.45, 2.75) is 19.4 Å². The summed E-state index contributed by atoms with van der Waals surface area (Å²) in [5, 5.41) is 9.52. The summed E-state index contributed by atoms with van der Waals surface area (Å²) in [5.74, 6) is 1.26.